The van der Waals surface area contributed by atoms with Crippen molar-refractivity contribution in [2.75, 3.05) is 0 Å². The monoisotopic (exact) mass is 215 g/mol. The van der Waals surface area contributed by atoms with E-state index in [1.807, 2.05) is 6.07 Å². The second kappa shape index (κ2) is 3.22. The molecule has 0 saturated heterocycles. The van der Waals surface area contributed by atoms with Crippen molar-refractivity contribution in [1.82, 2.24) is 4.98 Å². The third-order valence-electron chi connectivity index (χ3n) is 1.88. The van der Waals surface area contributed by atoms with Crippen molar-refractivity contribution in [2.24, 2.45) is 0 Å². The van der Waals surface area contributed by atoms with Gasteiger partial charge in [0, 0.05) is 21.6 Å². The third-order valence-corrected chi connectivity index (χ3v) is 2.41. The highest BCUT2D eigenvalue weighted by Crippen LogP contribution is 2.28. The molecule has 0 saturated carbocycles. The Labute approximate surface area is 85.1 Å². The number of aliphatic hydroxyl groups is 1. The first kappa shape index (κ1) is 8.88. The highest BCUT2D eigenvalue weighted by molar-refractivity contribution is 6.38. The average Bonchev–Trinajstić information content (AvgIpc) is 2.47. The SMILES string of the molecule is OCc1cc2c(Cl)cc(Cl)cc2[nH]1. The summed E-state index contributed by atoms with van der Waals surface area (Å²) in [6, 6.07) is 5.27. The van der Waals surface area contributed by atoms with E-state index in [0.717, 1.165) is 16.6 Å². The van der Waals surface area contributed by atoms with Gasteiger partial charge in [0.05, 0.1) is 11.6 Å². The highest BCUT2D eigenvalue weighted by atomic mass is 35.5. The molecule has 2 aromatic rings. The lowest BCUT2D eigenvalue weighted by atomic mass is 10.2. The number of rotatable bonds is 1. The fraction of sp³-hybridized carbons (Fsp3) is 0.111. The van der Waals surface area contributed by atoms with Gasteiger partial charge < -0.3 is 10.1 Å². The predicted molar refractivity (Wildman–Crippen MR) is 54.2 cm³/mol. The van der Waals surface area contributed by atoms with E-state index in [1.54, 1.807) is 12.1 Å². The molecule has 68 valence electrons. The Morgan fingerprint density at radius 1 is 1.23 bits per heavy atom. The minimum Gasteiger partial charge on any atom is -0.390 e. The van der Waals surface area contributed by atoms with Crippen LogP contribution in [0.4, 0.5) is 0 Å². The summed E-state index contributed by atoms with van der Waals surface area (Å²) in [5, 5.41) is 11.0. The van der Waals surface area contributed by atoms with Crippen molar-refractivity contribution in [2.45, 2.75) is 6.61 Å². The topological polar surface area (TPSA) is 36.0 Å². The van der Waals surface area contributed by atoms with Crippen LogP contribution in [0.15, 0.2) is 18.2 Å². The van der Waals surface area contributed by atoms with Gasteiger partial charge in [-0.05, 0) is 18.2 Å². The van der Waals surface area contributed by atoms with Crippen molar-refractivity contribution in [3.8, 4) is 0 Å². The van der Waals surface area contributed by atoms with Gasteiger partial charge in [0.25, 0.3) is 0 Å². The Morgan fingerprint density at radius 2 is 2.00 bits per heavy atom. The van der Waals surface area contributed by atoms with Crippen LogP contribution in [0.1, 0.15) is 5.69 Å². The molecule has 0 bridgehead atoms. The zero-order valence-corrected chi connectivity index (χ0v) is 8.15. The lowest BCUT2D eigenvalue weighted by molar-refractivity contribution is 0.278. The second-order valence-electron chi connectivity index (χ2n) is 2.80. The number of H-pyrrole nitrogens is 1. The molecule has 1 aromatic carbocycles. The van der Waals surface area contributed by atoms with Gasteiger partial charge in [0.2, 0.25) is 0 Å². The first-order valence-corrected chi connectivity index (χ1v) is 4.54. The average molecular weight is 216 g/mol. The molecule has 4 heteroatoms. The molecule has 0 radical (unpaired) electrons. The van der Waals surface area contributed by atoms with Crippen LogP contribution in [0.25, 0.3) is 10.9 Å². The Kier molecular flexibility index (Phi) is 2.20. The van der Waals surface area contributed by atoms with E-state index >= 15 is 0 Å². The lowest BCUT2D eigenvalue weighted by Gasteiger charge is -1.94. The van der Waals surface area contributed by atoms with Crippen LogP contribution in [0, 0.1) is 0 Å². The first-order chi connectivity index (χ1) is 6.20. The van der Waals surface area contributed by atoms with Gasteiger partial charge in [-0.2, -0.15) is 0 Å². The maximum atomic E-state index is 8.89. The molecule has 0 aliphatic carbocycles. The molecule has 1 heterocycles. The Hall–Kier alpha value is -0.700. The van der Waals surface area contributed by atoms with Crippen LogP contribution in [0.2, 0.25) is 10.0 Å². The zero-order valence-electron chi connectivity index (χ0n) is 6.64. The van der Waals surface area contributed by atoms with E-state index < -0.39 is 0 Å². The summed E-state index contributed by atoms with van der Waals surface area (Å²) in [4.78, 5) is 3.01. The Balaban J connectivity index is 2.75. The summed E-state index contributed by atoms with van der Waals surface area (Å²) in [5.41, 5.74) is 1.58. The summed E-state index contributed by atoms with van der Waals surface area (Å²) in [6.07, 6.45) is 0. The summed E-state index contributed by atoms with van der Waals surface area (Å²) in [7, 11) is 0. The first-order valence-electron chi connectivity index (χ1n) is 3.78. The van der Waals surface area contributed by atoms with Crippen LogP contribution in [-0.4, -0.2) is 10.1 Å². The molecule has 0 fully saturated rings. The van der Waals surface area contributed by atoms with Gasteiger partial charge in [0.1, 0.15) is 0 Å². The fourth-order valence-corrected chi connectivity index (χ4v) is 1.85. The number of aliphatic hydroxyl groups excluding tert-OH is 1. The quantitative estimate of drug-likeness (QED) is 0.755. The van der Waals surface area contributed by atoms with Gasteiger partial charge in [-0.15, -0.1) is 0 Å². The molecule has 0 aliphatic heterocycles. The van der Waals surface area contributed by atoms with Gasteiger partial charge in [-0.25, -0.2) is 0 Å². The van der Waals surface area contributed by atoms with Crippen molar-refractivity contribution in [3.05, 3.63) is 33.9 Å². The Morgan fingerprint density at radius 3 is 2.69 bits per heavy atom. The van der Waals surface area contributed by atoms with Crippen LogP contribution in [0.5, 0.6) is 0 Å². The molecule has 2 N–H and O–H groups in total. The molecule has 0 atom stereocenters. The lowest BCUT2D eigenvalue weighted by Crippen LogP contribution is -1.78. The van der Waals surface area contributed by atoms with E-state index in [4.69, 9.17) is 28.3 Å². The highest BCUT2D eigenvalue weighted by Gasteiger charge is 2.04. The van der Waals surface area contributed by atoms with E-state index in [2.05, 4.69) is 4.98 Å². The summed E-state index contributed by atoms with van der Waals surface area (Å²) in [5.74, 6) is 0. The van der Waals surface area contributed by atoms with Crippen LogP contribution >= 0.6 is 23.2 Å². The normalized spacial score (nSPS) is 11.0. The largest absolute Gasteiger partial charge is 0.390 e. The molecule has 0 spiro atoms. The van der Waals surface area contributed by atoms with Crippen LogP contribution in [0.3, 0.4) is 0 Å². The number of hydrogen-bond acceptors (Lipinski definition) is 1. The number of hydrogen-bond donors (Lipinski definition) is 2. The molecule has 0 aliphatic rings. The summed E-state index contributed by atoms with van der Waals surface area (Å²) in [6.45, 7) is -0.0252. The number of aromatic nitrogens is 1. The molecular weight excluding hydrogens is 209 g/mol. The summed E-state index contributed by atoms with van der Waals surface area (Å²) < 4.78 is 0. The van der Waals surface area contributed by atoms with Crippen LogP contribution < -0.4 is 0 Å². The standard InChI is InChI=1S/C9H7Cl2NO/c10-5-1-8(11)7-3-6(4-13)12-9(7)2-5/h1-3,12-13H,4H2. The van der Waals surface area contributed by atoms with Crippen molar-refractivity contribution in [3.63, 3.8) is 0 Å². The number of nitrogens with one attached hydrogen (secondary N) is 1. The smallest absolute Gasteiger partial charge is 0.0831 e. The third kappa shape index (κ3) is 1.53. The minimum absolute atomic E-state index is 0.0252. The molecule has 2 nitrogen and oxygen atoms in total. The maximum Gasteiger partial charge on any atom is 0.0831 e. The van der Waals surface area contributed by atoms with E-state index in [0.29, 0.717) is 10.0 Å². The van der Waals surface area contributed by atoms with Crippen LogP contribution in [-0.2, 0) is 6.61 Å². The second-order valence-corrected chi connectivity index (χ2v) is 3.65. The fourth-order valence-electron chi connectivity index (χ4n) is 1.30. The zero-order chi connectivity index (χ0) is 9.42. The summed E-state index contributed by atoms with van der Waals surface area (Å²) >= 11 is 11.8. The number of fused-ring (bicyclic) bond motifs is 1. The van der Waals surface area contributed by atoms with Crippen molar-refractivity contribution in [1.29, 1.82) is 0 Å². The molecule has 0 amide bonds. The number of halogens is 2. The van der Waals surface area contributed by atoms with Gasteiger partial charge in [0.15, 0.2) is 0 Å². The van der Waals surface area contributed by atoms with Gasteiger partial charge >= 0.3 is 0 Å². The molecule has 2 rings (SSSR count). The van der Waals surface area contributed by atoms with E-state index in [9.17, 15) is 0 Å². The molecule has 1 aromatic heterocycles. The predicted octanol–water partition coefficient (Wildman–Crippen LogP) is 2.97. The van der Waals surface area contributed by atoms with Gasteiger partial charge in [-0.3, -0.25) is 0 Å². The Bertz CT molecular complexity index is 450. The van der Waals surface area contributed by atoms with E-state index in [-0.39, 0.29) is 6.61 Å². The van der Waals surface area contributed by atoms with E-state index in [1.165, 1.54) is 0 Å². The molecular formula is C9H7Cl2NO. The molecule has 0 unspecified atom stereocenters. The maximum absolute atomic E-state index is 8.89. The minimum atomic E-state index is -0.0252. The van der Waals surface area contributed by atoms with Crippen molar-refractivity contribution >= 4 is 34.1 Å². The van der Waals surface area contributed by atoms with Crippen molar-refractivity contribution < 1.29 is 5.11 Å². The number of aromatic amines is 1. The molecule has 13 heavy (non-hydrogen) atoms. The van der Waals surface area contributed by atoms with Gasteiger partial charge in [-0.1, -0.05) is 23.2 Å². The number of benzene rings is 1.